The number of aryl methyl sites for hydroxylation is 1. The minimum atomic E-state index is 0.996. The highest BCUT2D eigenvalue weighted by molar-refractivity contribution is 7.00. The average Bonchev–Trinajstić information content (AvgIpc) is 2.71. The summed E-state index contributed by atoms with van der Waals surface area (Å²) in [5, 5.41) is 0. The molecule has 2 aromatic rings. The van der Waals surface area contributed by atoms with Crippen molar-refractivity contribution in [2.24, 2.45) is 0 Å². The summed E-state index contributed by atoms with van der Waals surface area (Å²) < 4.78 is 8.20. The molecule has 14 heavy (non-hydrogen) atoms. The Hall–Kier alpha value is -0.960. The standard InChI is InChI=1S/C7H6N2S.2C2H6/c1-5-2-3-6-7(4-5)9-10-8-6;2*1-2/h2-4H,1H3;2*1-2H3. The van der Waals surface area contributed by atoms with Gasteiger partial charge in [0.15, 0.2) is 0 Å². The first-order valence-electron chi connectivity index (χ1n) is 5.05. The van der Waals surface area contributed by atoms with Crippen molar-refractivity contribution < 1.29 is 0 Å². The number of hydrogen-bond acceptors (Lipinski definition) is 3. The maximum Gasteiger partial charge on any atom is 0.105 e. The molecule has 0 aliphatic rings. The van der Waals surface area contributed by atoms with E-state index in [2.05, 4.69) is 15.7 Å². The van der Waals surface area contributed by atoms with Crippen LogP contribution in [0.3, 0.4) is 0 Å². The molecule has 3 heteroatoms. The third kappa shape index (κ3) is 3.42. The maximum absolute atomic E-state index is 4.11. The molecule has 1 aromatic carbocycles. The fraction of sp³-hybridized carbons (Fsp3) is 0.455. The van der Waals surface area contributed by atoms with Gasteiger partial charge in [-0.25, -0.2) is 0 Å². The number of fused-ring (bicyclic) bond motifs is 1. The molecule has 0 saturated heterocycles. The normalized spacial score (nSPS) is 8.36. The zero-order valence-electron chi connectivity index (χ0n) is 9.53. The van der Waals surface area contributed by atoms with Crippen molar-refractivity contribution in [3.05, 3.63) is 23.8 Å². The van der Waals surface area contributed by atoms with Gasteiger partial charge in [-0.15, -0.1) is 0 Å². The van der Waals surface area contributed by atoms with Gasteiger partial charge in [-0.05, 0) is 24.6 Å². The van der Waals surface area contributed by atoms with E-state index in [0.717, 1.165) is 11.0 Å². The molecule has 0 spiro atoms. The van der Waals surface area contributed by atoms with Crippen molar-refractivity contribution >= 4 is 22.8 Å². The summed E-state index contributed by atoms with van der Waals surface area (Å²) in [7, 11) is 0. The highest BCUT2D eigenvalue weighted by Gasteiger charge is 1.95. The van der Waals surface area contributed by atoms with Crippen LogP contribution in [0.15, 0.2) is 18.2 Å². The van der Waals surface area contributed by atoms with Crippen molar-refractivity contribution in [3.63, 3.8) is 0 Å². The van der Waals surface area contributed by atoms with Crippen LogP contribution in [-0.2, 0) is 0 Å². The molecule has 2 nitrogen and oxygen atoms in total. The van der Waals surface area contributed by atoms with Crippen molar-refractivity contribution in [3.8, 4) is 0 Å². The van der Waals surface area contributed by atoms with Gasteiger partial charge in [0.05, 0.1) is 11.7 Å². The van der Waals surface area contributed by atoms with Crippen LogP contribution in [-0.4, -0.2) is 8.75 Å². The number of hydrogen-bond donors (Lipinski definition) is 0. The molecule has 0 aliphatic carbocycles. The zero-order valence-corrected chi connectivity index (χ0v) is 10.4. The molecule has 0 unspecified atom stereocenters. The van der Waals surface area contributed by atoms with Crippen molar-refractivity contribution in [2.75, 3.05) is 0 Å². The molecule has 2 rings (SSSR count). The molecule has 0 bridgehead atoms. The second kappa shape index (κ2) is 7.44. The number of aromatic nitrogens is 2. The van der Waals surface area contributed by atoms with Crippen molar-refractivity contribution in [1.29, 1.82) is 0 Å². The first kappa shape index (κ1) is 13.0. The Morgan fingerprint density at radius 2 is 1.50 bits per heavy atom. The van der Waals surface area contributed by atoms with Gasteiger partial charge in [0.25, 0.3) is 0 Å². The largest absolute Gasteiger partial charge is 0.173 e. The van der Waals surface area contributed by atoms with E-state index < -0.39 is 0 Å². The van der Waals surface area contributed by atoms with Crippen LogP contribution in [0.1, 0.15) is 33.3 Å². The van der Waals surface area contributed by atoms with Crippen LogP contribution in [0.2, 0.25) is 0 Å². The third-order valence-corrected chi connectivity index (χ3v) is 1.97. The summed E-state index contributed by atoms with van der Waals surface area (Å²) in [5.41, 5.74) is 3.24. The first-order valence-corrected chi connectivity index (χ1v) is 5.78. The Bertz CT molecular complexity index is 355. The van der Waals surface area contributed by atoms with Crippen LogP contribution in [0.5, 0.6) is 0 Å². The Morgan fingerprint density at radius 3 is 2.14 bits per heavy atom. The fourth-order valence-corrected chi connectivity index (χ4v) is 1.41. The third-order valence-electron chi connectivity index (χ3n) is 1.41. The van der Waals surface area contributed by atoms with Gasteiger partial charge in [-0.1, -0.05) is 33.8 Å². The van der Waals surface area contributed by atoms with Crippen LogP contribution in [0.25, 0.3) is 11.0 Å². The monoisotopic (exact) mass is 210 g/mol. The van der Waals surface area contributed by atoms with Crippen LogP contribution in [0.4, 0.5) is 0 Å². The summed E-state index contributed by atoms with van der Waals surface area (Å²) in [4.78, 5) is 0. The predicted molar refractivity (Wildman–Crippen MR) is 64.8 cm³/mol. The molecule has 0 N–H and O–H groups in total. The minimum absolute atomic E-state index is 0.996. The number of rotatable bonds is 0. The topological polar surface area (TPSA) is 25.8 Å². The van der Waals surface area contributed by atoms with E-state index in [-0.39, 0.29) is 0 Å². The summed E-state index contributed by atoms with van der Waals surface area (Å²) in [6.45, 7) is 10.1. The highest BCUT2D eigenvalue weighted by Crippen LogP contribution is 2.11. The lowest BCUT2D eigenvalue weighted by atomic mass is 10.2. The molecular formula is C11H18N2S. The van der Waals surface area contributed by atoms with Crippen LogP contribution >= 0.6 is 11.7 Å². The van der Waals surface area contributed by atoms with Gasteiger partial charge in [-0.3, -0.25) is 0 Å². The zero-order chi connectivity index (χ0) is 11.0. The fourth-order valence-electron chi connectivity index (χ4n) is 0.892. The Balaban J connectivity index is 0.000000379. The van der Waals surface area contributed by atoms with E-state index in [9.17, 15) is 0 Å². The number of nitrogens with zero attached hydrogens (tertiary/aromatic N) is 2. The molecule has 1 aromatic heterocycles. The van der Waals surface area contributed by atoms with Crippen LogP contribution in [0, 0.1) is 6.92 Å². The van der Waals surface area contributed by atoms with E-state index >= 15 is 0 Å². The summed E-state index contributed by atoms with van der Waals surface area (Å²) in [6.07, 6.45) is 0. The average molecular weight is 210 g/mol. The lowest BCUT2D eigenvalue weighted by Gasteiger charge is -1.87. The maximum atomic E-state index is 4.11. The SMILES string of the molecule is CC.CC.Cc1ccc2nsnc2c1. The highest BCUT2D eigenvalue weighted by atomic mass is 32.1. The molecule has 0 fully saturated rings. The van der Waals surface area contributed by atoms with Gasteiger partial charge in [-0.2, -0.15) is 8.75 Å². The molecule has 1 heterocycles. The van der Waals surface area contributed by atoms with Crippen LogP contribution < -0.4 is 0 Å². The Morgan fingerprint density at radius 1 is 0.929 bits per heavy atom. The lowest BCUT2D eigenvalue weighted by molar-refractivity contribution is 1.48. The summed E-state index contributed by atoms with van der Waals surface area (Å²) in [5.74, 6) is 0. The minimum Gasteiger partial charge on any atom is -0.173 e. The van der Waals surface area contributed by atoms with Gasteiger partial charge in [0.1, 0.15) is 11.0 Å². The van der Waals surface area contributed by atoms with E-state index in [1.165, 1.54) is 17.3 Å². The van der Waals surface area contributed by atoms with E-state index in [4.69, 9.17) is 0 Å². The molecule has 0 atom stereocenters. The first-order chi connectivity index (χ1) is 6.86. The van der Waals surface area contributed by atoms with Crippen molar-refractivity contribution in [1.82, 2.24) is 8.75 Å². The smallest absolute Gasteiger partial charge is 0.105 e. The molecule has 0 saturated carbocycles. The second-order valence-corrected chi connectivity index (χ2v) is 2.78. The van der Waals surface area contributed by atoms with Gasteiger partial charge < -0.3 is 0 Å². The summed E-state index contributed by atoms with van der Waals surface area (Å²) in [6, 6.07) is 6.08. The molecular weight excluding hydrogens is 192 g/mol. The van der Waals surface area contributed by atoms with Gasteiger partial charge in [0, 0.05) is 0 Å². The predicted octanol–water partition coefficient (Wildman–Crippen LogP) is 4.05. The van der Waals surface area contributed by atoms with E-state index in [1.54, 1.807) is 0 Å². The second-order valence-electron chi connectivity index (χ2n) is 2.26. The van der Waals surface area contributed by atoms with Gasteiger partial charge >= 0.3 is 0 Å². The number of benzene rings is 1. The quantitative estimate of drug-likeness (QED) is 0.655. The molecule has 0 aliphatic heterocycles. The van der Waals surface area contributed by atoms with E-state index in [1.807, 2.05) is 45.9 Å². The summed E-state index contributed by atoms with van der Waals surface area (Å²) >= 11 is 1.26. The van der Waals surface area contributed by atoms with Crippen molar-refractivity contribution in [2.45, 2.75) is 34.6 Å². The Kier molecular flexibility index (Phi) is 6.93. The van der Waals surface area contributed by atoms with E-state index in [0.29, 0.717) is 0 Å². The molecule has 0 radical (unpaired) electrons. The van der Waals surface area contributed by atoms with Gasteiger partial charge in [0.2, 0.25) is 0 Å². The Labute approximate surface area is 90.3 Å². The molecule has 0 amide bonds. The lowest BCUT2D eigenvalue weighted by Crippen LogP contribution is -1.71. The molecule has 78 valence electrons.